The number of hydrogen-bond donors (Lipinski definition) is 1. The maximum atomic E-state index is 12.5. The molecule has 0 aliphatic carbocycles. The molecule has 7 heteroatoms. The van der Waals surface area contributed by atoms with Crippen molar-refractivity contribution in [2.24, 2.45) is 0 Å². The molecule has 0 saturated carbocycles. The number of nitrogens with one attached hydrogen (secondary N) is 1. The fraction of sp³-hybridized carbons (Fsp3) is 0.600. The molecule has 1 aromatic heterocycles. The van der Waals surface area contributed by atoms with Crippen molar-refractivity contribution in [1.82, 2.24) is 20.3 Å². The first-order chi connectivity index (χ1) is 10.7. The van der Waals surface area contributed by atoms with Gasteiger partial charge in [0.25, 0.3) is 5.91 Å². The van der Waals surface area contributed by atoms with E-state index < -0.39 is 0 Å². The van der Waals surface area contributed by atoms with Crippen LogP contribution in [0.5, 0.6) is 5.88 Å². The quantitative estimate of drug-likeness (QED) is 0.854. The van der Waals surface area contributed by atoms with Crippen LogP contribution in [-0.4, -0.2) is 73.3 Å². The van der Waals surface area contributed by atoms with E-state index in [9.17, 15) is 4.79 Å². The van der Waals surface area contributed by atoms with Crippen LogP contribution in [0, 0.1) is 0 Å². The van der Waals surface area contributed by atoms with Gasteiger partial charge in [-0.2, -0.15) is 0 Å². The lowest BCUT2D eigenvalue weighted by molar-refractivity contribution is 0.0654. The summed E-state index contributed by atoms with van der Waals surface area (Å²) in [6, 6.07) is 3.49. The fourth-order valence-corrected chi connectivity index (χ4v) is 2.54. The highest BCUT2D eigenvalue weighted by Crippen LogP contribution is 2.19. The van der Waals surface area contributed by atoms with Crippen molar-refractivity contribution in [2.75, 3.05) is 46.4 Å². The summed E-state index contributed by atoms with van der Waals surface area (Å²) >= 11 is 0. The number of hydrogen-bond acceptors (Lipinski definition) is 6. The average molecular weight is 306 g/mol. The summed E-state index contributed by atoms with van der Waals surface area (Å²) in [6.45, 7) is 4.76. The van der Waals surface area contributed by atoms with Crippen LogP contribution in [0.1, 0.15) is 16.8 Å². The van der Waals surface area contributed by atoms with Gasteiger partial charge in [0.1, 0.15) is 11.7 Å². The summed E-state index contributed by atoms with van der Waals surface area (Å²) in [4.78, 5) is 18.9. The molecule has 2 fully saturated rings. The summed E-state index contributed by atoms with van der Waals surface area (Å²) in [5.41, 5.74) is 3.40. The average Bonchev–Trinajstić information content (AvgIpc) is 3.03. The van der Waals surface area contributed by atoms with Gasteiger partial charge in [-0.25, -0.2) is 9.99 Å². The van der Waals surface area contributed by atoms with Gasteiger partial charge >= 0.3 is 0 Å². The molecular formula is C15H22N4O3. The highest BCUT2D eigenvalue weighted by molar-refractivity contribution is 5.96. The van der Waals surface area contributed by atoms with Crippen molar-refractivity contribution in [2.45, 2.75) is 12.5 Å². The summed E-state index contributed by atoms with van der Waals surface area (Å²) in [6.07, 6.45) is 2.44. The van der Waals surface area contributed by atoms with Crippen LogP contribution in [0.15, 0.2) is 18.3 Å². The van der Waals surface area contributed by atoms with E-state index in [0.717, 1.165) is 32.6 Å². The van der Waals surface area contributed by atoms with Gasteiger partial charge in [-0.1, -0.05) is 0 Å². The van der Waals surface area contributed by atoms with E-state index in [1.807, 2.05) is 5.01 Å². The molecule has 22 heavy (non-hydrogen) atoms. The maximum absolute atomic E-state index is 12.5. The number of piperazine rings is 1. The monoisotopic (exact) mass is 306 g/mol. The van der Waals surface area contributed by atoms with Crippen LogP contribution in [0.3, 0.4) is 0 Å². The summed E-state index contributed by atoms with van der Waals surface area (Å²) < 4.78 is 11.1. The van der Waals surface area contributed by atoms with Gasteiger partial charge in [-0.05, 0) is 19.2 Å². The Labute approximate surface area is 130 Å². The molecule has 0 bridgehead atoms. The minimum absolute atomic E-state index is 0.0231. The summed E-state index contributed by atoms with van der Waals surface area (Å²) in [5, 5.41) is 1.94. The number of amides is 1. The van der Waals surface area contributed by atoms with E-state index in [1.54, 1.807) is 18.3 Å². The normalized spacial score (nSPS) is 23.4. The molecule has 1 atom stereocenters. The number of carbonyl (C=O) groups excluding carboxylic acids is 1. The number of ether oxygens (including phenoxy) is 2. The third-order valence-corrected chi connectivity index (χ3v) is 3.94. The Kier molecular flexibility index (Phi) is 4.87. The molecule has 1 amide bonds. The second-order valence-electron chi connectivity index (χ2n) is 5.69. The Morgan fingerprint density at radius 1 is 1.41 bits per heavy atom. The van der Waals surface area contributed by atoms with Crippen molar-refractivity contribution in [3.05, 3.63) is 23.9 Å². The lowest BCUT2D eigenvalue weighted by Gasteiger charge is -2.32. The van der Waals surface area contributed by atoms with Crippen LogP contribution < -0.4 is 10.2 Å². The molecule has 0 aromatic carbocycles. The standard InChI is InChI=1S/C15H22N4O3/c1-18-6-8-19(9-7-18)17-14(20)13-3-2-5-16-15(13)22-12-4-10-21-11-12/h2-3,5,12H,4,6-11H2,1H3,(H,17,20)/t12-/m0/s1. The Morgan fingerprint density at radius 3 is 2.95 bits per heavy atom. The van der Waals surface area contributed by atoms with Gasteiger partial charge < -0.3 is 14.4 Å². The molecule has 3 heterocycles. The zero-order valence-electron chi connectivity index (χ0n) is 12.8. The molecule has 0 spiro atoms. The Hall–Kier alpha value is -1.70. The molecule has 0 radical (unpaired) electrons. The van der Waals surface area contributed by atoms with Crippen molar-refractivity contribution < 1.29 is 14.3 Å². The van der Waals surface area contributed by atoms with E-state index in [-0.39, 0.29) is 12.0 Å². The first-order valence-electron chi connectivity index (χ1n) is 7.66. The molecule has 120 valence electrons. The highest BCUT2D eigenvalue weighted by Gasteiger charge is 2.23. The van der Waals surface area contributed by atoms with Crippen LogP contribution in [0.2, 0.25) is 0 Å². The lowest BCUT2D eigenvalue weighted by Crippen LogP contribution is -2.52. The summed E-state index contributed by atoms with van der Waals surface area (Å²) in [7, 11) is 2.08. The smallest absolute Gasteiger partial charge is 0.271 e. The van der Waals surface area contributed by atoms with E-state index in [4.69, 9.17) is 9.47 Å². The molecule has 2 aliphatic rings. The predicted octanol–water partition coefficient (Wildman–Crippen LogP) is 0.141. The minimum atomic E-state index is -0.174. The SMILES string of the molecule is CN1CCN(NC(=O)c2cccnc2O[C@H]2CCOC2)CC1. The summed E-state index contributed by atoms with van der Waals surface area (Å²) in [5.74, 6) is 0.205. The molecular weight excluding hydrogens is 284 g/mol. The zero-order chi connectivity index (χ0) is 15.4. The number of nitrogens with zero attached hydrogens (tertiary/aromatic N) is 3. The number of aromatic nitrogens is 1. The highest BCUT2D eigenvalue weighted by atomic mass is 16.5. The van der Waals surface area contributed by atoms with Gasteiger partial charge in [0.15, 0.2) is 0 Å². The van der Waals surface area contributed by atoms with Gasteiger partial charge in [-0.3, -0.25) is 10.2 Å². The van der Waals surface area contributed by atoms with E-state index >= 15 is 0 Å². The number of likely N-dealkylation sites (N-methyl/N-ethyl adjacent to an activating group) is 1. The van der Waals surface area contributed by atoms with E-state index in [2.05, 4.69) is 22.4 Å². The van der Waals surface area contributed by atoms with Crippen molar-refractivity contribution in [1.29, 1.82) is 0 Å². The largest absolute Gasteiger partial charge is 0.471 e. The molecule has 3 rings (SSSR count). The van der Waals surface area contributed by atoms with Crippen LogP contribution in [0.25, 0.3) is 0 Å². The third-order valence-electron chi connectivity index (χ3n) is 3.94. The minimum Gasteiger partial charge on any atom is -0.471 e. The first kappa shape index (κ1) is 15.2. The van der Waals surface area contributed by atoms with Crippen LogP contribution in [0.4, 0.5) is 0 Å². The van der Waals surface area contributed by atoms with Crippen molar-refractivity contribution in [3.63, 3.8) is 0 Å². The fourth-order valence-electron chi connectivity index (χ4n) is 2.54. The Morgan fingerprint density at radius 2 is 2.23 bits per heavy atom. The molecule has 2 aliphatic heterocycles. The van der Waals surface area contributed by atoms with E-state index in [1.165, 1.54) is 0 Å². The number of hydrazine groups is 1. The Balaban J connectivity index is 1.64. The first-order valence-corrected chi connectivity index (χ1v) is 7.66. The van der Waals surface area contributed by atoms with Crippen LogP contribution in [-0.2, 0) is 4.74 Å². The number of rotatable bonds is 4. The van der Waals surface area contributed by atoms with Gasteiger partial charge in [0.05, 0.1) is 13.2 Å². The topological polar surface area (TPSA) is 66.9 Å². The second-order valence-corrected chi connectivity index (χ2v) is 5.69. The van der Waals surface area contributed by atoms with E-state index in [0.29, 0.717) is 24.7 Å². The number of pyridine rings is 1. The van der Waals surface area contributed by atoms with Crippen LogP contribution >= 0.6 is 0 Å². The Bertz CT molecular complexity index is 511. The molecule has 1 aromatic rings. The molecule has 7 nitrogen and oxygen atoms in total. The molecule has 0 unspecified atom stereocenters. The predicted molar refractivity (Wildman–Crippen MR) is 80.6 cm³/mol. The van der Waals surface area contributed by atoms with Gasteiger partial charge in [0.2, 0.25) is 5.88 Å². The van der Waals surface area contributed by atoms with Crippen molar-refractivity contribution in [3.8, 4) is 5.88 Å². The second kappa shape index (κ2) is 7.04. The molecule has 2 saturated heterocycles. The zero-order valence-corrected chi connectivity index (χ0v) is 12.8. The molecule has 1 N–H and O–H groups in total. The third kappa shape index (κ3) is 3.73. The van der Waals surface area contributed by atoms with Crippen molar-refractivity contribution >= 4 is 5.91 Å². The maximum Gasteiger partial charge on any atom is 0.271 e. The lowest BCUT2D eigenvalue weighted by atomic mass is 10.2. The number of carbonyl (C=O) groups is 1. The van der Waals surface area contributed by atoms with Gasteiger partial charge in [-0.15, -0.1) is 0 Å². The van der Waals surface area contributed by atoms with Gasteiger partial charge in [0, 0.05) is 38.8 Å².